The number of sulfonamides is 1. The number of piperidine rings is 1. The number of rotatable bonds is 3. The van der Waals surface area contributed by atoms with Gasteiger partial charge in [0.1, 0.15) is 6.04 Å². The van der Waals surface area contributed by atoms with Crippen LogP contribution in [0.5, 0.6) is 0 Å². The first-order valence-electron chi connectivity index (χ1n) is 6.75. The molecule has 1 aromatic rings. The maximum atomic E-state index is 12.8. The highest BCUT2D eigenvalue weighted by atomic mass is 35.5. The lowest BCUT2D eigenvalue weighted by Crippen LogP contribution is -2.49. The van der Waals surface area contributed by atoms with Crippen LogP contribution >= 0.6 is 11.6 Å². The molecule has 0 aliphatic carbocycles. The monoisotopic (exact) mass is 331 g/mol. The Morgan fingerprint density at radius 3 is 2.71 bits per heavy atom. The van der Waals surface area contributed by atoms with Crippen molar-refractivity contribution in [1.82, 2.24) is 4.31 Å². The van der Waals surface area contributed by atoms with Gasteiger partial charge in [0.2, 0.25) is 10.0 Å². The summed E-state index contributed by atoms with van der Waals surface area (Å²) >= 11 is 5.98. The number of hydrogen-bond acceptors (Lipinski definition) is 3. The minimum absolute atomic E-state index is 0.0794. The Labute approximate surface area is 129 Å². The Hall–Kier alpha value is -1.11. The Morgan fingerprint density at radius 2 is 2.10 bits per heavy atom. The molecule has 0 spiro atoms. The van der Waals surface area contributed by atoms with Gasteiger partial charge in [-0.25, -0.2) is 8.42 Å². The fourth-order valence-corrected chi connectivity index (χ4v) is 4.71. The highest BCUT2D eigenvalue weighted by Gasteiger charge is 2.40. The van der Waals surface area contributed by atoms with Crippen LogP contribution in [0.1, 0.15) is 25.3 Å². The number of hydrogen-bond donors (Lipinski definition) is 1. The van der Waals surface area contributed by atoms with Crippen LogP contribution in [0.2, 0.25) is 5.02 Å². The molecule has 1 aliphatic rings. The van der Waals surface area contributed by atoms with E-state index in [9.17, 15) is 18.3 Å². The van der Waals surface area contributed by atoms with Crippen LogP contribution in [-0.4, -0.2) is 36.4 Å². The molecule has 116 valence electrons. The van der Waals surface area contributed by atoms with E-state index < -0.39 is 22.0 Å². The number of aliphatic carboxylic acids is 1. The molecular formula is C14H18ClNO4S. The molecule has 0 saturated carbocycles. The van der Waals surface area contributed by atoms with Crippen LogP contribution in [0, 0.1) is 12.8 Å². The van der Waals surface area contributed by atoms with Gasteiger partial charge in [0.05, 0.1) is 4.90 Å². The maximum absolute atomic E-state index is 12.8. The first-order chi connectivity index (χ1) is 9.75. The zero-order valence-corrected chi connectivity index (χ0v) is 13.5. The molecule has 5 nitrogen and oxygen atoms in total. The molecule has 1 N–H and O–H groups in total. The molecule has 0 amide bonds. The van der Waals surface area contributed by atoms with Crippen LogP contribution in [-0.2, 0) is 14.8 Å². The molecule has 1 saturated heterocycles. The molecule has 1 fully saturated rings. The van der Waals surface area contributed by atoms with Crippen LogP contribution in [0.15, 0.2) is 23.1 Å². The van der Waals surface area contributed by atoms with Gasteiger partial charge in [-0.05, 0) is 43.4 Å². The molecule has 2 unspecified atom stereocenters. The van der Waals surface area contributed by atoms with Crippen molar-refractivity contribution in [1.29, 1.82) is 0 Å². The van der Waals surface area contributed by atoms with Gasteiger partial charge in [0, 0.05) is 11.6 Å². The van der Waals surface area contributed by atoms with Gasteiger partial charge in [-0.3, -0.25) is 4.79 Å². The first-order valence-corrected chi connectivity index (χ1v) is 8.56. The molecule has 2 rings (SSSR count). The standard InChI is InChI=1S/C14H18ClNO4S/c1-9-6-7-16(12(8-9)14(17)18)21(19,20)13-5-3-4-11(15)10(13)2/h3-5,9,12H,6-8H2,1-2H3,(H,17,18). The van der Waals surface area contributed by atoms with E-state index in [1.54, 1.807) is 19.1 Å². The fraction of sp³-hybridized carbons (Fsp3) is 0.500. The highest BCUT2D eigenvalue weighted by Crippen LogP contribution is 2.31. The van der Waals surface area contributed by atoms with Gasteiger partial charge in [-0.15, -0.1) is 0 Å². The average Bonchev–Trinajstić information content (AvgIpc) is 2.41. The summed E-state index contributed by atoms with van der Waals surface area (Å²) < 4.78 is 26.7. The molecule has 1 heterocycles. The Balaban J connectivity index is 2.47. The predicted octanol–water partition coefficient (Wildman–Crippen LogP) is 2.52. The third-order valence-corrected chi connectivity index (χ3v) is 6.37. The summed E-state index contributed by atoms with van der Waals surface area (Å²) in [6.07, 6.45) is 0.983. The van der Waals surface area contributed by atoms with Gasteiger partial charge >= 0.3 is 5.97 Å². The first kappa shape index (κ1) is 16.3. The van der Waals surface area contributed by atoms with Crippen LogP contribution in [0.3, 0.4) is 0 Å². The van der Waals surface area contributed by atoms with E-state index in [-0.39, 0.29) is 17.4 Å². The zero-order chi connectivity index (χ0) is 15.8. The van der Waals surface area contributed by atoms with Crippen LogP contribution < -0.4 is 0 Å². The quantitative estimate of drug-likeness (QED) is 0.923. The molecule has 0 bridgehead atoms. The number of carboxylic acid groups (broad SMARTS) is 1. The van der Waals surface area contributed by atoms with E-state index in [0.717, 1.165) is 4.31 Å². The van der Waals surface area contributed by atoms with Crippen molar-refractivity contribution in [2.45, 2.75) is 37.6 Å². The van der Waals surface area contributed by atoms with Crippen molar-refractivity contribution >= 4 is 27.6 Å². The molecule has 0 radical (unpaired) electrons. The molecule has 7 heteroatoms. The largest absolute Gasteiger partial charge is 0.480 e. The van der Waals surface area contributed by atoms with Crippen molar-refractivity contribution in [3.8, 4) is 0 Å². The summed E-state index contributed by atoms with van der Waals surface area (Å²) in [4.78, 5) is 11.5. The van der Waals surface area contributed by atoms with Gasteiger partial charge in [-0.2, -0.15) is 4.31 Å². The number of halogens is 1. The average molecular weight is 332 g/mol. The third kappa shape index (κ3) is 3.07. The smallest absolute Gasteiger partial charge is 0.322 e. The lowest BCUT2D eigenvalue weighted by Gasteiger charge is -2.35. The number of carbonyl (C=O) groups is 1. The lowest BCUT2D eigenvalue weighted by atomic mass is 9.94. The van der Waals surface area contributed by atoms with Gasteiger partial charge in [-0.1, -0.05) is 24.6 Å². The van der Waals surface area contributed by atoms with E-state index in [4.69, 9.17) is 11.6 Å². The summed E-state index contributed by atoms with van der Waals surface area (Å²) in [5.74, 6) is -0.914. The minimum atomic E-state index is -3.86. The Morgan fingerprint density at radius 1 is 1.43 bits per heavy atom. The number of benzene rings is 1. The SMILES string of the molecule is Cc1c(Cl)cccc1S(=O)(=O)N1CCC(C)CC1C(=O)O. The van der Waals surface area contributed by atoms with E-state index in [2.05, 4.69) is 0 Å². The normalized spacial score (nSPS) is 24.0. The van der Waals surface area contributed by atoms with Gasteiger partial charge in [0.15, 0.2) is 0 Å². The summed E-state index contributed by atoms with van der Waals surface area (Å²) in [5, 5.41) is 9.68. The van der Waals surface area contributed by atoms with Gasteiger partial charge in [0.25, 0.3) is 0 Å². The van der Waals surface area contributed by atoms with Crippen molar-refractivity contribution in [3.63, 3.8) is 0 Å². The van der Waals surface area contributed by atoms with Crippen molar-refractivity contribution in [2.75, 3.05) is 6.54 Å². The Kier molecular flexibility index (Phi) is 4.60. The van der Waals surface area contributed by atoms with Crippen molar-refractivity contribution in [2.24, 2.45) is 5.92 Å². The second kappa shape index (κ2) is 5.94. The minimum Gasteiger partial charge on any atom is -0.480 e. The van der Waals surface area contributed by atoms with E-state index in [0.29, 0.717) is 23.4 Å². The lowest BCUT2D eigenvalue weighted by molar-refractivity contribution is -0.143. The topological polar surface area (TPSA) is 74.7 Å². The zero-order valence-electron chi connectivity index (χ0n) is 11.9. The maximum Gasteiger partial charge on any atom is 0.322 e. The highest BCUT2D eigenvalue weighted by molar-refractivity contribution is 7.89. The van der Waals surface area contributed by atoms with Crippen molar-refractivity contribution in [3.05, 3.63) is 28.8 Å². The van der Waals surface area contributed by atoms with Crippen LogP contribution in [0.25, 0.3) is 0 Å². The van der Waals surface area contributed by atoms with E-state index >= 15 is 0 Å². The molecule has 0 aromatic heterocycles. The van der Waals surface area contributed by atoms with E-state index in [1.165, 1.54) is 6.07 Å². The molecule has 1 aromatic carbocycles. The molecule has 1 aliphatic heterocycles. The summed E-state index contributed by atoms with van der Waals surface area (Å²) in [6, 6.07) is 3.62. The summed E-state index contributed by atoms with van der Waals surface area (Å²) in [7, 11) is -3.86. The predicted molar refractivity (Wildman–Crippen MR) is 79.9 cm³/mol. The Bertz CT molecular complexity index is 659. The molecular weight excluding hydrogens is 314 g/mol. The second-order valence-corrected chi connectivity index (χ2v) is 7.73. The molecule has 2 atom stereocenters. The van der Waals surface area contributed by atoms with Gasteiger partial charge < -0.3 is 5.11 Å². The fourth-order valence-electron chi connectivity index (χ4n) is 2.63. The van der Waals surface area contributed by atoms with Crippen molar-refractivity contribution < 1.29 is 18.3 Å². The summed E-state index contributed by atoms with van der Waals surface area (Å²) in [5.41, 5.74) is 0.446. The van der Waals surface area contributed by atoms with E-state index in [1.807, 2.05) is 6.92 Å². The number of carboxylic acids is 1. The second-order valence-electron chi connectivity index (χ2n) is 5.46. The molecule has 21 heavy (non-hydrogen) atoms. The summed E-state index contributed by atoms with van der Waals surface area (Å²) in [6.45, 7) is 3.77. The number of nitrogens with zero attached hydrogens (tertiary/aromatic N) is 1. The third-order valence-electron chi connectivity index (χ3n) is 3.91. The van der Waals surface area contributed by atoms with Crippen LogP contribution in [0.4, 0.5) is 0 Å².